The molecule has 1 aromatic carbocycles. The van der Waals surface area contributed by atoms with Crippen LogP contribution in [-0.4, -0.2) is 0 Å². The van der Waals surface area contributed by atoms with E-state index in [9.17, 15) is 0 Å². The van der Waals surface area contributed by atoms with Crippen LogP contribution in [-0.2, 0) is 6.42 Å². The van der Waals surface area contributed by atoms with Gasteiger partial charge in [-0.3, -0.25) is 0 Å². The van der Waals surface area contributed by atoms with Crippen molar-refractivity contribution < 1.29 is 0 Å². The van der Waals surface area contributed by atoms with Crippen molar-refractivity contribution in [1.82, 2.24) is 0 Å². The molecule has 0 spiro atoms. The van der Waals surface area contributed by atoms with Gasteiger partial charge in [-0.1, -0.05) is 24.3 Å². The van der Waals surface area contributed by atoms with Gasteiger partial charge >= 0.3 is 0 Å². The first kappa shape index (κ1) is 4.95. The summed E-state index contributed by atoms with van der Waals surface area (Å²) in [4.78, 5) is 0. The van der Waals surface area contributed by atoms with E-state index in [0.717, 1.165) is 11.8 Å². The zero-order chi connectivity index (χ0) is 6.55. The van der Waals surface area contributed by atoms with Gasteiger partial charge in [-0.2, -0.15) is 0 Å². The van der Waals surface area contributed by atoms with E-state index in [-0.39, 0.29) is 0 Å². The van der Waals surface area contributed by atoms with E-state index in [0.29, 0.717) is 0 Å². The fourth-order valence-electron chi connectivity index (χ4n) is 2.22. The molecule has 10 heavy (non-hydrogen) atoms. The number of rotatable bonds is 0. The van der Waals surface area contributed by atoms with Crippen molar-refractivity contribution in [2.75, 3.05) is 0 Å². The van der Waals surface area contributed by atoms with Crippen molar-refractivity contribution in [2.45, 2.75) is 18.8 Å². The monoisotopic (exact) mass is 130 g/mol. The van der Waals surface area contributed by atoms with E-state index in [4.69, 9.17) is 0 Å². The summed E-state index contributed by atoms with van der Waals surface area (Å²) in [5.41, 5.74) is 3.26. The van der Waals surface area contributed by atoms with Crippen LogP contribution in [0.5, 0.6) is 0 Å². The first-order chi connectivity index (χ1) is 4.95. The predicted molar refractivity (Wildman–Crippen MR) is 41.0 cm³/mol. The molecule has 0 heterocycles. The van der Waals surface area contributed by atoms with Crippen LogP contribution >= 0.6 is 0 Å². The predicted octanol–water partition coefficient (Wildman–Crippen LogP) is 2.35. The van der Waals surface area contributed by atoms with Gasteiger partial charge in [0, 0.05) is 0 Å². The molecule has 0 heteroatoms. The van der Waals surface area contributed by atoms with Crippen molar-refractivity contribution >= 4 is 0 Å². The smallest absolute Gasteiger partial charge is 0.0125 e. The zero-order valence-electron chi connectivity index (χ0n) is 5.88. The SMILES string of the molecule is c1ccc2c(c1)C[C@@H]1CC21. The van der Waals surface area contributed by atoms with Gasteiger partial charge < -0.3 is 0 Å². The largest absolute Gasteiger partial charge is 0.0620 e. The lowest BCUT2D eigenvalue weighted by Gasteiger charge is -1.98. The molecule has 0 N–H and O–H groups in total. The lowest BCUT2D eigenvalue weighted by molar-refractivity contribution is 0.857. The van der Waals surface area contributed by atoms with Crippen LogP contribution < -0.4 is 0 Å². The van der Waals surface area contributed by atoms with E-state index < -0.39 is 0 Å². The Bertz CT molecular complexity index is 275. The number of benzene rings is 1. The Balaban J connectivity index is 2.22. The molecular weight excluding hydrogens is 120 g/mol. The lowest BCUT2D eigenvalue weighted by atomic mass is 10.1. The molecular formula is C10H10. The van der Waals surface area contributed by atoms with E-state index in [1.807, 2.05) is 0 Å². The highest BCUT2D eigenvalue weighted by Gasteiger charge is 2.44. The van der Waals surface area contributed by atoms with Crippen LogP contribution in [0.2, 0.25) is 0 Å². The maximum Gasteiger partial charge on any atom is -0.0125 e. The molecule has 0 aliphatic heterocycles. The highest BCUT2D eigenvalue weighted by atomic mass is 14.5. The van der Waals surface area contributed by atoms with E-state index >= 15 is 0 Å². The van der Waals surface area contributed by atoms with Crippen LogP contribution in [0.4, 0.5) is 0 Å². The lowest BCUT2D eigenvalue weighted by Crippen LogP contribution is -1.83. The number of hydrogen-bond acceptors (Lipinski definition) is 0. The van der Waals surface area contributed by atoms with Crippen molar-refractivity contribution in [2.24, 2.45) is 5.92 Å². The molecule has 0 amide bonds. The van der Waals surface area contributed by atoms with Crippen LogP contribution in [0.25, 0.3) is 0 Å². The second-order valence-corrected chi connectivity index (χ2v) is 3.51. The second kappa shape index (κ2) is 1.45. The van der Waals surface area contributed by atoms with E-state index in [2.05, 4.69) is 24.3 Å². The molecule has 0 aromatic heterocycles. The quantitative estimate of drug-likeness (QED) is 0.505. The second-order valence-electron chi connectivity index (χ2n) is 3.51. The Morgan fingerprint density at radius 2 is 2.10 bits per heavy atom. The third-order valence-electron chi connectivity index (χ3n) is 2.86. The van der Waals surface area contributed by atoms with Crippen LogP contribution in [0.1, 0.15) is 23.5 Å². The minimum Gasteiger partial charge on any atom is -0.0620 e. The van der Waals surface area contributed by atoms with Gasteiger partial charge in [0.2, 0.25) is 0 Å². The maximum absolute atomic E-state index is 2.30. The Labute approximate surface area is 60.9 Å². The van der Waals surface area contributed by atoms with Gasteiger partial charge in [0.1, 0.15) is 0 Å². The first-order valence-corrected chi connectivity index (χ1v) is 4.03. The fraction of sp³-hybridized carbons (Fsp3) is 0.400. The Kier molecular flexibility index (Phi) is 0.715. The standard InChI is InChI=1S/C10H10/c1-2-4-9-7(3-1)5-8-6-10(8)9/h1-4,8,10H,5-6H2/t8-,10?/m1/s1. The fourth-order valence-corrected chi connectivity index (χ4v) is 2.22. The molecule has 3 rings (SSSR count). The summed E-state index contributed by atoms with van der Waals surface area (Å²) in [6.45, 7) is 0. The van der Waals surface area contributed by atoms with Crippen molar-refractivity contribution in [3.63, 3.8) is 0 Å². The van der Waals surface area contributed by atoms with Gasteiger partial charge in [0.05, 0.1) is 0 Å². The molecule has 2 atom stereocenters. The minimum atomic E-state index is 0.969. The molecule has 1 aromatic rings. The van der Waals surface area contributed by atoms with Crippen LogP contribution in [0.15, 0.2) is 24.3 Å². The molecule has 1 unspecified atom stereocenters. The van der Waals surface area contributed by atoms with Crippen LogP contribution in [0.3, 0.4) is 0 Å². The molecule has 1 fully saturated rings. The minimum absolute atomic E-state index is 0.969. The third kappa shape index (κ3) is 0.476. The summed E-state index contributed by atoms with van der Waals surface area (Å²) in [7, 11) is 0. The Morgan fingerprint density at radius 3 is 3.00 bits per heavy atom. The molecule has 0 nitrogen and oxygen atoms in total. The molecule has 0 radical (unpaired) electrons. The molecule has 1 saturated carbocycles. The molecule has 2 aliphatic carbocycles. The highest BCUT2D eigenvalue weighted by molar-refractivity contribution is 5.41. The average molecular weight is 130 g/mol. The Morgan fingerprint density at radius 1 is 1.20 bits per heavy atom. The number of fused-ring (bicyclic) bond motifs is 3. The Hall–Kier alpha value is -0.780. The van der Waals surface area contributed by atoms with E-state index in [1.54, 1.807) is 11.1 Å². The van der Waals surface area contributed by atoms with Crippen LogP contribution in [0, 0.1) is 5.92 Å². The summed E-state index contributed by atoms with van der Waals surface area (Å²) in [5, 5.41) is 0. The third-order valence-corrected chi connectivity index (χ3v) is 2.86. The van der Waals surface area contributed by atoms with Crippen molar-refractivity contribution in [3.05, 3.63) is 35.4 Å². The topological polar surface area (TPSA) is 0 Å². The summed E-state index contributed by atoms with van der Waals surface area (Å²) in [6, 6.07) is 8.90. The molecule has 0 bridgehead atoms. The molecule has 0 saturated heterocycles. The normalized spacial score (nSPS) is 33.2. The van der Waals surface area contributed by atoms with E-state index in [1.165, 1.54) is 12.8 Å². The van der Waals surface area contributed by atoms with Gasteiger partial charge in [-0.25, -0.2) is 0 Å². The molecule has 50 valence electrons. The van der Waals surface area contributed by atoms with Gasteiger partial charge in [-0.15, -0.1) is 0 Å². The average Bonchev–Trinajstić information content (AvgIpc) is 2.64. The summed E-state index contributed by atoms with van der Waals surface area (Å²) in [5.74, 6) is 2.01. The van der Waals surface area contributed by atoms with Gasteiger partial charge in [0.15, 0.2) is 0 Å². The summed E-state index contributed by atoms with van der Waals surface area (Å²) >= 11 is 0. The first-order valence-electron chi connectivity index (χ1n) is 4.03. The van der Waals surface area contributed by atoms with Gasteiger partial charge in [0.25, 0.3) is 0 Å². The number of hydrogen-bond donors (Lipinski definition) is 0. The zero-order valence-corrected chi connectivity index (χ0v) is 5.88. The molecule has 2 aliphatic rings. The summed E-state index contributed by atoms with van der Waals surface area (Å²) in [6.07, 6.45) is 2.83. The maximum atomic E-state index is 2.30. The highest BCUT2D eigenvalue weighted by Crippen LogP contribution is 2.55. The van der Waals surface area contributed by atoms with Crippen molar-refractivity contribution in [1.29, 1.82) is 0 Å². The van der Waals surface area contributed by atoms with Crippen molar-refractivity contribution in [3.8, 4) is 0 Å². The van der Waals surface area contributed by atoms with Gasteiger partial charge in [-0.05, 0) is 35.8 Å². The summed E-state index contributed by atoms with van der Waals surface area (Å²) < 4.78 is 0.